The van der Waals surface area contributed by atoms with Crippen LogP contribution in [0.4, 0.5) is 16.2 Å². The molecule has 3 rings (SSSR count). The molecule has 0 aliphatic carbocycles. The Hall–Kier alpha value is -2.99. The van der Waals surface area contributed by atoms with Crippen molar-refractivity contribution in [1.82, 2.24) is 9.97 Å². The Bertz CT molecular complexity index is 868. The van der Waals surface area contributed by atoms with Crippen molar-refractivity contribution in [3.63, 3.8) is 0 Å². The first kappa shape index (κ1) is 20.3. The number of anilines is 2. The van der Waals surface area contributed by atoms with Crippen LogP contribution in [0.1, 0.15) is 39.4 Å². The first-order valence-corrected chi connectivity index (χ1v) is 9.16. The molecule has 0 fully saturated rings. The summed E-state index contributed by atoms with van der Waals surface area (Å²) in [5.41, 5.74) is 3.02. The molecule has 2 heterocycles. The average Bonchev–Trinajstić information content (AvgIpc) is 2.70. The van der Waals surface area contributed by atoms with Crippen molar-refractivity contribution in [1.29, 1.82) is 0 Å². The molecule has 1 unspecified atom stereocenters. The number of pyridine rings is 2. The molecule has 0 aliphatic rings. The maximum absolute atomic E-state index is 12.3. The van der Waals surface area contributed by atoms with Crippen LogP contribution in [0, 0.1) is 0 Å². The first-order valence-electron chi connectivity index (χ1n) is 9.16. The van der Waals surface area contributed by atoms with Gasteiger partial charge >= 0.3 is 6.03 Å². The highest BCUT2D eigenvalue weighted by Crippen LogP contribution is 2.32. The maximum Gasteiger partial charge on any atom is 0.323 e. The summed E-state index contributed by atoms with van der Waals surface area (Å²) >= 11 is 0. The molecule has 0 spiro atoms. The molecule has 0 radical (unpaired) electrons. The molecule has 27 heavy (non-hydrogen) atoms. The molecule has 0 saturated carbocycles. The summed E-state index contributed by atoms with van der Waals surface area (Å²) in [5.74, 6) is 0. The number of fused-ring (bicyclic) bond motifs is 1. The van der Waals surface area contributed by atoms with Crippen LogP contribution in [-0.4, -0.2) is 22.6 Å². The fourth-order valence-electron chi connectivity index (χ4n) is 2.75. The number of hydrogen-bond acceptors (Lipinski definition) is 4. The van der Waals surface area contributed by atoms with Crippen LogP contribution in [-0.2, 0) is 4.74 Å². The topological polar surface area (TPSA) is 76.1 Å². The van der Waals surface area contributed by atoms with Gasteiger partial charge in [0.25, 0.3) is 0 Å². The molecule has 142 valence electrons. The minimum absolute atomic E-state index is 0.174. The Kier molecular flexibility index (Phi) is 7.70. The number of carbonyl (C=O) groups excluding carboxylic acids is 1. The Morgan fingerprint density at radius 2 is 1.89 bits per heavy atom. The number of benzene rings is 1. The summed E-state index contributed by atoms with van der Waals surface area (Å²) in [4.78, 5) is 20.7. The van der Waals surface area contributed by atoms with Crippen molar-refractivity contribution in [3.8, 4) is 0 Å². The second kappa shape index (κ2) is 10.2. The maximum atomic E-state index is 12.3. The Morgan fingerprint density at radius 1 is 1.11 bits per heavy atom. The number of rotatable bonds is 5. The quantitative estimate of drug-likeness (QED) is 0.634. The standard InChI is InChI=1S/C19H20N4O2.C2H6/c1-3-25-13(2)18-15-8-4-5-9-16(15)21-12-17(18)23-19(24)22-14-7-6-10-20-11-14;1-2/h4-13H,3H2,1-2H3,(H2,22,23,24);1-2H3. The lowest BCUT2D eigenvalue weighted by molar-refractivity contribution is 0.0778. The van der Waals surface area contributed by atoms with Gasteiger partial charge in [-0.15, -0.1) is 0 Å². The summed E-state index contributed by atoms with van der Waals surface area (Å²) in [6, 6.07) is 11.0. The lowest BCUT2D eigenvalue weighted by atomic mass is 10.0. The Morgan fingerprint density at radius 3 is 2.59 bits per heavy atom. The third-order valence-corrected chi connectivity index (χ3v) is 3.81. The van der Waals surface area contributed by atoms with Crippen LogP contribution < -0.4 is 10.6 Å². The molecule has 1 atom stereocenters. The number of amides is 2. The van der Waals surface area contributed by atoms with Crippen LogP contribution in [0.2, 0.25) is 0 Å². The third-order valence-electron chi connectivity index (χ3n) is 3.81. The molecule has 0 saturated heterocycles. The van der Waals surface area contributed by atoms with Crippen LogP contribution in [0.25, 0.3) is 10.9 Å². The number of para-hydroxylation sites is 1. The largest absolute Gasteiger partial charge is 0.374 e. The second-order valence-electron chi connectivity index (χ2n) is 5.52. The number of nitrogens with one attached hydrogen (secondary N) is 2. The van der Waals surface area contributed by atoms with Crippen molar-refractivity contribution in [3.05, 3.63) is 60.6 Å². The van der Waals surface area contributed by atoms with E-state index in [4.69, 9.17) is 4.74 Å². The van der Waals surface area contributed by atoms with E-state index in [1.54, 1.807) is 30.7 Å². The van der Waals surface area contributed by atoms with Gasteiger partial charge in [0, 0.05) is 23.8 Å². The molecule has 2 aromatic heterocycles. The lowest BCUT2D eigenvalue weighted by Crippen LogP contribution is -2.21. The zero-order valence-corrected chi connectivity index (χ0v) is 16.2. The Labute approximate surface area is 160 Å². The molecular weight excluding hydrogens is 340 g/mol. The highest BCUT2D eigenvalue weighted by Gasteiger charge is 2.17. The summed E-state index contributed by atoms with van der Waals surface area (Å²) in [6.07, 6.45) is 4.72. The van der Waals surface area contributed by atoms with E-state index in [0.29, 0.717) is 18.0 Å². The summed E-state index contributed by atoms with van der Waals surface area (Å²) < 4.78 is 5.77. The third kappa shape index (κ3) is 5.24. The number of aromatic nitrogens is 2. The normalized spacial score (nSPS) is 11.3. The van der Waals surface area contributed by atoms with E-state index in [1.165, 1.54) is 0 Å². The van der Waals surface area contributed by atoms with E-state index < -0.39 is 0 Å². The van der Waals surface area contributed by atoms with E-state index in [9.17, 15) is 4.79 Å². The van der Waals surface area contributed by atoms with Gasteiger partial charge < -0.3 is 15.4 Å². The first-order chi connectivity index (χ1) is 13.2. The number of ether oxygens (including phenoxy) is 1. The van der Waals surface area contributed by atoms with Crippen molar-refractivity contribution in [2.75, 3.05) is 17.2 Å². The fourth-order valence-corrected chi connectivity index (χ4v) is 2.75. The van der Waals surface area contributed by atoms with E-state index in [0.717, 1.165) is 16.5 Å². The van der Waals surface area contributed by atoms with Crippen molar-refractivity contribution < 1.29 is 9.53 Å². The SMILES string of the molecule is CC.CCOC(C)c1c(NC(=O)Nc2cccnc2)cnc2ccccc12. The van der Waals surface area contributed by atoms with E-state index >= 15 is 0 Å². The van der Waals surface area contributed by atoms with Crippen molar-refractivity contribution in [2.24, 2.45) is 0 Å². The average molecular weight is 366 g/mol. The number of carbonyl (C=O) groups is 1. The van der Waals surface area contributed by atoms with Crippen molar-refractivity contribution >= 4 is 28.3 Å². The zero-order chi connectivity index (χ0) is 19.6. The van der Waals surface area contributed by atoms with Gasteiger partial charge in [0.2, 0.25) is 0 Å². The van der Waals surface area contributed by atoms with Gasteiger partial charge in [-0.3, -0.25) is 9.97 Å². The number of hydrogen-bond donors (Lipinski definition) is 2. The smallest absolute Gasteiger partial charge is 0.323 e. The Balaban J connectivity index is 0.00000126. The highest BCUT2D eigenvalue weighted by molar-refractivity contribution is 6.01. The molecule has 6 nitrogen and oxygen atoms in total. The number of urea groups is 1. The van der Waals surface area contributed by atoms with E-state index in [-0.39, 0.29) is 12.1 Å². The van der Waals surface area contributed by atoms with Gasteiger partial charge in [0.1, 0.15) is 0 Å². The van der Waals surface area contributed by atoms with Crippen LogP contribution in [0.3, 0.4) is 0 Å². The molecular formula is C21H26N4O2. The van der Waals surface area contributed by atoms with Gasteiger partial charge in [0.05, 0.1) is 35.4 Å². The minimum Gasteiger partial charge on any atom is -0.374 e. The van der Waals surface area contributed by atoms with E-state index in [2.05, 4.69) is 20.6 Å². The summed E-state index contributed by atoms with van der Waals surface area (Å²) in [6.45, 7) is 8.50. The minimum atomic E-state index is -0.352. The van der Waals surface area contributed by atoms with Gasteiger partial charge in [-0.1, -0.05) is 32.0 Å². The lowest BCUT2D eigenvalue weighted by Gasteiger charge is -2.19. The van der Waals surface area contributed by atoms with Crippen LogP contribution in [0.5, 0.6) is 0 Å². The van der Waals surface area contributed by atoms with Gasteiger partial charge in [-0.05, 0) is 32.0 Å². The molecule has 1 aromatic carbocycles. The zero-order valence-electron chi connectivity index (χ0n) is 16.2. The fraction of sp³-hybridized carbons (Fsp3) is 0.286. The molecule has 2 N–H and O–H groups in total. The summed E-state index contributed by atoms with van der Waals surface area (Å²) in [7, 11) is 0. The molecule has 3 aromatic rings. The predicted octanol–water partition coefficient (Wildman–Crippen LogP) is 5.40. The van der Waals surface area contributed by atoms with Crippen LogP contribution in [0.15, 0.2) is 55.0 Å². The predicted molar refractivity (Wildman–Crippen MR) is 110 cm³/mol. The van der Waals surface area contributed by atoms with Crippen LogP contribution >= 0.6 is 0 Å². The molecule has 6 heteroatoms. The van der Waals surface area contributed by atoms with Crippen molar-refractivity contribution in [2.45, 2.75) is 33.8 Å². The van der Waals surface area contributed by atoms with Gasteiger partial charge in [-0.25, -0.2) is 4.79 Å². The van der Waals surface area contributed by atoms with E-state index in [1.807, 2.05) is 52.0 Å². The van der Waals surface area contributed by atoms with Gasteiger partial charge in [-0.2, -0.15) is 0 Å². The molecule has 0 aliphatic heterocycles. The highest BCUT2D eigenvalue weighted by atomic mass is 16.5. The number of nitrogens with zero attached hydrogens (tertiary/aromatic N) is 2. The monoisotopic (exact) mass is 366 g/mol. The molecule has 0 bridgehead atoms. The molecule has 2 amide bonds. The second-order valence-corrected chi connectivity index (χ2v) is 5.52. The summed E-state index contributed by atoms with van der Waals surface area (Å²) in [5, 5.41) is 6.59. The van der Waals surface area contributed by atoms with Gasteiger partial charge in [0.15, 0.2) is 0 Å².